The molecule has 0 saturated carbocycles. The van der Waals surface area contributed by atoms with E-state index in [2.05, 4.69) is 17.2 Å². The van der Waals surface area contributed by atoms with Crippen molar-refractivity contribution in [3.05, 3.63) is 42.1 Å². The maximum atomic E-state index is 5.90. The first-order valence-corrected chi connectivity index (χ1v) is 6.98. The van der Waals surface area contributed by atoms with Crippen LogP contribution in [0.2, 0.25) is 0 Å². The summed E-state index contributed by atoms with van der Waals surface area (Å²) in [5, 5.41) is 3.27. The van der Waals surface area contributed by atoms with E-state index < -0.39 is 0 Å². The van der Waals surface area contributed by atoms with Gasteiger partial charge in [-0.1, -0.05) is 13.0 Å². The second-order valence-corrected chi connectivity index (χ2v) is 4.63. The van der Waals surface area contributed by atoms with Gasteiger partial charge in [0.2, 0.25) is 0 Å². The molecule has 2 aromatic rings. The van der Waals surface area contributed by atoms with Gasteiger partial charge in [-0.05, 0) is 36.2 Å². The molecule has 1 heterocycles. The number of rotatable bonds is 7. The average Bonchev–Trinajstić information content (AvgIpc) is 2.52. The Morgan fingerprint density at radius 3 is 2.81 bits per heavy atom. The second kappa shape index (κ2) is 7.38. The first-order valence-electron chi connectivity index (χ1n) is 6.98. The van der Waals surface area contributed by atoms with E-state index in [0.717, 1.165) is 23.6 Å². The van der Waals surface area contributed by atoms with Crippen LogP contribution in [0, 0.1) is 0 Å². The predicted octanol–water partition coefficient (Wildman–Crippen LogP) is 3.07. The molecule has 5 heteroatoms. The number of ether oxygens (including phenoxy) is 2. The Morgan fingerprint density at radius 2 is 2.10 bits per heavy atom. The first kappa shape index (κ1) is 15.0. The summed E-state index contributed by atoms with van der Waals surface area (Å²) in [4.78, 5) is 4.31. The fourth-order valence-corrected chi connectivity index (χ4v) is 1.93. The third-order valence-electron chi connectivity index (χ3n) is 2.99. The van der Waals surface area contributed by atoms with Crippen molar-refractivity contribution in [2.75, 3.05) is 24.8 Å². The molecule has 21 heavy (non-hydrogen) atoms. The molecular weight excluding hydrogens is 266 g/mol. The van der Waals surface area contributed by atoms with Gasteiger partial charge >= 0.3 is 0 Å². The van der Waals surface area contributed by atoms with Gasteiger partial charge in [-0.15, -0.1) is 0 Å². The number of hydrogen-bond donors (Lipinski definition) is 2. The number of pyridine rings is 1. The molecule has 2 rings (SSSR count). The average molecular weight is 287 g/mol. The third kappa shape index (κ3) is 4.02. The molecule has 0 aliphatic carbocycles. The summed E-state index contributed by atoms with van der Waals surface area (Å²) < 4.78 is 10.8. The highest BCUT2D eigenvalue weighted by atomic mass is 16.5. The number of hydrogen-bond acceptors (Lipinski definition) is 5. The van der Waals surface area contributed by atoms with E-state index in [1.807, 2.05) is 30.3 Å². The first-order chi connectivity index (χ1) is 10.2. The molecular formula is C16H21N3O2. The van der Waals surface area contributed by atoms with Crippen LogP contribution in [0.25, 0.3) is 0 Å². The summed E-state index contributed by atoms with van der Waals surface area (Å²) in [5.41, 5.74) is 7.58. The monoisotopic (exact) mass is 287 g/mol. The summed E-state index contributed by atoms with van der Waals surface area (Å²) in [6.45, 7) is 3.37. The number of nitrogens with zero attached hydrogens (tertiary/aromatic N) is 1. The van der Waals surface area contributed by atoms with E-state index >= 15 is 0 Å². The molecule has 0 radical (unpaired) electrons. The van der Waals surface area contributed by atoms with E-state index in [1.54, 1.807) is 13.3 Å². The van der Waals surface area contributed by atoms with Crippen molar-refractivity contribution >= 4 is 11.5 Å². The topological polar surface area (TPSA) is 69.4 Å². The smallest absolute Gasteiger partial charge is 0.169 e. The molecule has 1 aromatic heterocycles. The van der Waals surface area contributed by atoms with Gasteiger partial charge in [0.05, 0.1) is 19.4 Å². The lowest BCUT2D eigenvalue weighted by atomic mass is 10.2. The number of anilines is 2. The molecule has 0 fully saturated rings. The van der Waals surface area contributed by atoms with Crippen LogP contribution >= 0.6 is 0 Å². The largest absolute Gasteiger partial charge is 0.495 e. The van der Waals surface area contributed by atoms with Gasteiger partial charge in [0.25, 0.3) is 0 Å². The Hall–Kier alpha value is -2.43. The van der Waals surface area contributed by atoms with Gasteiger partial charge in [0.1, 0.15) is 5.75 Å². The standard InChI is InChI=1S/C16H21N3O2/c1-3-9-21-15-5-4-8-18-16(15)19-11-12-6-7-14(20-2)13(17)10-12/h4-8,10H,3,9,11,17H2,1-2H3,(H,18,19). The van der Waals surface area contributed by atoms with Crippen LogP contribution in [-0.2, 0) is 6.54 Å². The molecule has 5 nitrogen and oxygen atoms in total. The minimum Gasteiger partial charge on any atom is -0.495 e. The lowest BCUT2D eigenvalue weighted by Crippen LogP contribution is -2.05. The molecule has 112 valence electrons. The zero-order chi connectivity index (χ0) is 15.1. The van der Waals surface area contributed by atoms with E-state index in [-0.39, 0.29) is 0 Å². The van der Waals surface area contributed by atoms with Crippen molar-refractivity contribution in [2.24, 2.45) is 0 Å². The zero-order valence-corrected chi connectivity index (χ0v) is 12.4. The fourth-order valence-electron chi connectivity index (χ4n) is 1.93. The van der Waals surface area contributed by atoms with Crippen molar-refractivity contribution in [3.63, 3.8) is 0 Å². The number of methoxy groups -OCH3 is 1. The fraction of sp³-hybridized carbons (Fsp3) is 0.312. The van der Waals surface area contributed by atoms with Gasteiger partial charge in [0.15, 0.2) is 11.6 Å². The lowest BCUT2D eigenvalue weighted by molar-refractivity contribution is 0.318. The number of nitrogens with one attached hydrogen (secondary N) is 1. The Balaban J connectivity index is 2.04. The Labute approximate surface area is 125 Å². The summed E-state index contributed by atoms with van der Waals surface area (Å²) in [5.74, 6) is 2.18. The normalized spacial score (nSPS) is 10.2. The summed E-state index contributed by atoms with van der Waals surface area (Å²) in [7, 11) is 1.61. The highest BCUT2D eigenvalue weighted by Crippen LogP contribution is 2.24. The van der Waals surface area contributed by atoms with Crippen LogP contribution in [0.4, 0.5) is 11.5 Å². The molecule has 0 spiro atoms. The van der Waals surface area contributed by atoms with Crippen molar-refractivity contribution in [3.8, 4) is 11.5 Å². The van der Waals surface area contributed by atoms with Crippen molar-refractivity contribution < 1.29 is 9.47 Å². The van der Waals surface area contributed by atoms with E-state index in [0.29, 0.717) is 24.6 Å². The minimum absolute atomic E-state index is 0.619. The van der Waals surface area contributed by atoms with Crippen LogP contribution in [0.15, 0.2) is 36.5 Å². The van der Waals surface area contributed by atoms with E-state index in [9.17, 15) is 0 Å². The van der Waals surface area contributed by atoms with Crippen LogP contribution in [0.1, 0.15) is 18.9 Å². The van der Waals surface area contributed by atoms with Crippen molar-refractivity contribution in [2.45, 2.75) is 19.9 Å². The molecule has 3 N–H and O–H groups in total. The number of aromatic nitrogens is 1. The van der Waals surface area contributed by atoms with Crippen molar-refractivity contribution in [1.29, 1.82) is 0 Å². The van der Waals surface area contributed by atoms with E-state index in [1.165, 1.54) is 0 Å². The second-order valence-electron chi connectivity index (χ2n) is 4.63. The summed E-state index contributed by atoms with van der Waals surface area (Å²) in [6.07, 6.45) is 2.70. The Bertz CT molecular complexity index is 587. The van der Waals surface area contributed by atoms with Crippen LogP contribution in [-0.4, -0.2) is 18.7 Å². The minimum atomic E-state index is 0.619. The Kier molecular flexibility index (Phi) is 5.26. The zero-order valence-electron chi connectivity index (χ0n) is 12.4. The van der Waals surface area contributed by atoms with Crippen LogP contribution in [0.3, 0.4) is 0 Å². The van der Waals surface area contributed by atoms with E-state index in [4.69, 9.17) is 15.2 Å². The quantitative estimate of drug-likeness (QED) is 0.766. The molecule has 0 aliphatic rings. The number of nitrogen functional groups attached to an aromatic ring is 1. The lowest BCUT2D eigenvalue weighted by Gasteiger charge is -2.12. The summed E-state index contributed by atoms with van der Waals surface area (Å²) in [6, 6.07) is 9.49. The maximum Gasteiger partial charge on any atom is 0.169 e. The molecule has 0 bridgehead atoms. The third-order valence-corrected chi connectivity index (χ3v) is 2.99. The highest BCUT2D eigenvalue weighted by molar-refractivity contribution is 5.55. The van der Waals surface area contributed by atoms with Crippen molar-refractivity contribution in [1.82, 2.24) is 4.98 Å². The molecule has 0 unspecified atom stereocenters. The van der Waals surface area contributed by atoms with Crippen LogP contribution < -0.4 is 20.5 Å². The van der Waals surface area contributed by atoms with Gasteiger partial charge in [0, 0.05) is 12.7 Å². The van der Waals surface area contributed by atoms with Gasteiger partial charge in [-0.3, -0.25) is 0 Å². The SMILES string of the molecule is CCCOc1cccnc1NCc1ccc(OC)c(N)c1. The predicted molar refractivity (Wildman–Crippen MR) is 84.8 cm³/mol. The highest BCUT2D eigenvalue weighted by Gasteiger charge is 2.05. The molecule has 1 aromatic carbocycles. The van der Waals surface area contributed by atoms with Gasteiger partial charge in [-0.2, -0.15) is 0 Å². The van der Waals surface area contributed by atoms with Gasteiger partial charge in [-0.25, -0.2) is 4.98 Å². The van der Waals surface area contributed by atoms with Gasteiger partial charge < -0.3 is 20.5 Å². The molecule has 0 aliphatic heterocycles. The van der Waals surface area contributed by atoms with Crippen LogP contribution in [0.5, 0.6) is 11.5 Å². The molecule has 0 atom stereocenters. The molecule has 0 amide bonds. The number of nitrogens with two attached hydrogens (primary N) is 1. The maximum absolute atomic E-state index is 5.90. The molecule has 0 saturated heterocycles. The Morgan fingerprint density at radius 1 is 1.24 bits per heavy atom. The summed E-state index contributed by atoms with van der Waals surface area (Å²) >= 11 is 0. The number of benzene rings is 1.